The Morgan fingerprint density at radius 1 is 1.18 bits per heavy atom. The van der Waals surface area contributed by atoms with Gasteiger partial charge < -0.3 is 25.3 Å². The Bertz CT molecular complexity index is 1220. The van der Waals surface area contributed by atoms with Crippen LogP contribution in [0.2, 0.25) is 0 Å². The van der Waals surface area contributed by atoms with E-state index in [1.165, 1.54) is 0 Å². The summed E-state index contributed by atoms with van der Waals surface area (Å²) >= 11 is 0. The van der Waals surface area contributed by atoms with Gasteiger partial charge in [0.2, 0.25) is 5.88 Å². The molecule has 1 amide bonds. The zero-order valence-corrected chi connectivity index (χ0v) is 19.6. The Balaban J connectivity index is 1.91. The van der Waals surface area contributed by atoms with Crippen LogP contribution in [0.5, 0.6) is 5.75 Å². The fourth-order valence-corrected chi connectivity index (χ4v) is 3.72. The molecule has 0 spiro atoms. The predicted octanol–water partition coefficient (Wildman–Crippen LogP) is 3.97. The number of hydrogen-bond acceptors (Lipinski definition) is 7. The molecule has 0 aliphatic carbocycles. The summed E-state index contributed by atoms with van der Waals surface area (Å²) in [5, 5.41) is 12.6. The largest absolute Gasteiger partial charge is 0.483 e. The van der Waals surface area contributed by atoms with Crippen molar-refractivity contribution in [2.75, 3.05) is 18.5 Å². The zero-order chi connectivity index (χ0) is 24.8. The van der Waals surface area contributed by atoms with Gasteiger partial charge in [0.25, 0.3) is 5.91 Å². The molecular weight excluding hydrogens is 434 g/mol. The van der Waals surface area contributed by atoms with Crippen LogP contribution in [0.3, 0.4) is 0 Å². The van der Waals surface area contributed by atoms with Crippen molar-refractivity contribution in [3.63, 3.8) is 0 Å². The number of amides is 1. The van der Waals surface area contributed by atoms with Crippen LogP contribution >= 0.6 is 0 Å². The van der Waals surface area contributed by atoms with Gasteiger partial charge in [-0.3, -0.25) is 4.79 Å². The standard InChI is InChI=1S/C26H27N3O5/c1-5-32-26(31)23-17(4)34-25(28)19(13-27)24(23)18-8-6-7-9-21(18)33-14-22(30)29-20-12-15(2)10-11-16(20)3/h6-12,24H,5,14,28H2,1-4H3,(H,29,30). The van der Waals surface area contributed by atoms with Gasteiger partial charge in [0, 0.05) is 11.3 Å². The third kappa shape index (κ3) is 5.21. The Hall–Kier alpha value is -4.25. The normalized spacial score (nSPS) is 15.3. The molecule has 8 heteroatoms. The number of nitrogens with zero attached hydrogens (tertiary/aromatic N) is 1. The minimum absolute atomic E-state index is 0.0598. The van der Waals surface area contributed by atoms with E-state index in [4.69, 9.17) is 19.9 Å². The summed E-state index contributed by atoms with van der Waals surface area (Å²) in [7, 11) is 0. The molecule has 3 rings (SSSR count). The molecule has 0 bridgehead atoms. The van der Waals surface area contributed by atoms with Crippen molar-refractivity contribution in [1.82, 2.24) is 0 Å². The maximum atomic E-state index is 12.8. The number of carbonyl (C=O) groups excluding carboxylic acids is 2. The van der Waals surface area contributed by atoms with Gasteiger partial charge in [-0.05, 0) is 51.0 Å². The van der Waals surface area contributed by atoms with Crippen LogP contribution in [0.4, 0.5) is 5.69 Å². The Kier molecular flexibility index (Phi) is 7.59. The molecule has 2 aromatic carbocycles. The smallest absolute Gasteiger partial charge is 0.338 e. The molecule has 1 aliphatic rings. The summed E-state index contributed by atoms with van der Waals surface area (Å²) in [6, 6.07) is 14.7. The van der Waals surface area contributed by atoms with E-state index in [2.05, 4.69) is 5.32 Å². The average Bonchev–Trinajstić information content (AvgIpc) is 2.80. The van der Waals surface area contributed by atoms with E-state index in [9.17, 15) is 14.9 Å². The summed E-state index contributed by atoms with van der Waals surface area (Å²) in [5.41, 5.74) is 9.34. The van der Waals surface area contributed by atoms with Crippen molar-refractivity contribution < 1.29 is 23.8 Å². The third-order valence-electron chi connectivity index (χ3n) is 5.36. The number of nitriles is 1. The maximum absolute atomic E-state index is 12.8. The molecule has 34 heavy (non-hydrogen) atoms. The fourth-order valence-electron chi connectivity index (χ4n) is 3.72. The molecule has 3 N–H and O–H groups in total. The minimum atomic E-state index is -0.865. The monoisotopic (exact) mass is 461 g/mol. The van der Waals surface area contributed by atoms with Crippen LogP contribution in [0.1, 0.15) is 36.5 Å². The number of nitrogens with one attached hydrogen (secondary N) is 1. The number of para-hydroxylation sites is 1. The number of aryl methyl sites for hydroxylation is 2. The van der Waals surface area contributed by atoms with Crippen LogP contribution in [0.15, 0.2) is 65.3 Å². The van der Waals surface area contributed by atoms with Gasteiger partial charge >= 0.3 is 5.97 Å². The van der Waals surface area contributed by atoms with Gasteiger partial charge in [0.15, 0.2) is 6.61 Å². The number of allylic oxidation sites excluding steroid dienone is 2. The summed E-state index contributed by atoms with van der Waals surface area (Å²) < 4.78 is 16.5. The predicted molar refractivity (Wildman–Crippen MR) is 126 cm³/mol. The van der Waals surface area contributed by atoms with Crippen molar-refractivity contribution in [2.45, 2.75) is 33.6 Å². The number of rotatable bonds is 7. The number of carbonyl (C=O) groups is 2. The molecule has 8 nitrogen and oxygen atoms in total. The van der Waals surface area contributed by atoms with Crippen molar-refractivity contribution in [3.05, 3.63) is 81.9 Å². The highest BCUT2D eigenvalue weighted by atomic mass is 16.5. The van der Waals surface area contributed by atoms with Crippen molar-refractivity contribution in [1.29, 1.82) is 5.26 Å². The van der Waals surface area contributed by atoms with Crippen molar-refractivity contribution >= 4 is 17.6 Å². The number of benzene rings is 2. The van der Waals surface area contributed by atoms with E-state index in [0.29, 0.717) is 17.0 Å². The summed E-state index contributed by atoms with van der Waals surface area (Å²) in [6.07, 6.45) is 0. The van der Waals surface area contributed by atoms with Crippen molar-refractivity contribution in [3.8, 4) is 11.8 Å². The van der Waals surface area contributed by atoms with E-state index in [1.807, 2.05) is 38.1 Å². The molecule has 0 radical (unpaired) electrons. The van der Waals surface area contributed by atoms with Gasteiger partial charge in [-0.2, -0.15) is 5.26 Å². The Morgan fingerprint density at radius 2 is 1.91 bits per heavy atom. The van der Waals surface area contributed by atoms with Crippen molar-refractivity contribution in [2.24, 2.45) is 5.73 Å². The van der Waals surface area contributed by atoms with E-state index in [1.54, 1.807) is 38.1 Å². The third-order valence-corrected chi connectivity index (χ3v) is 5.36. The first kappa shape index (κ1) is 24.4. The average molecular weight is 462 g/mol. The molecule has 176 valence electrons. The second-order valence-electron chi connectivity index (χ2n) is 7.81. The first-order valence-corrected chi connectivity index (χ1v) is 10.8. The topological polar surface area (TPSA) is 124 Å². The molecule has 2 aromatic rings. The highest BCUT2D eigenvalue weighted by Crippen LogP contribution is 2.42. The molecule has 1 heterocycles. The molecule has 1 aliphatic heterocycles. The fraction of sp³-hybridized carbons (Fsp3) is 0.269. The maximum Gasteiger partial charge on any atom is 0.338 e. The highest BCUT2D eigenvalue weighted by molar-refractivity contribution is 5.93. The molecule has 0 aromatic heterocycles. The number of esters is 1. The van der Waals surface area contributed by atoms with Gasteiger partial charge in [0.1, 0.15) is 23.2 Å². The molecule has 0 saturated heterocycles. The molecule has 1 unspecified atom stereocenters. The second kappa shape index (κ2) is 10.6. The molecular formula is C26H27N3O5. The van der Waals surface area contributed by atoms with Gasteiger partial charge in [0.05, 0.1) is 18.1 Å². The Morgan fingerprint density at radius 3 is 2.62 bits per heavy atom. The number of nitrogens with two attached hydrogens (primary N) is 1. The lowest BCUT2D eigenvalue weighted by Crippen LogP contribution is -2.26. The number of hydrogen-bond donors (Lipinski definition) is 2. The molecule has 0 fully saturated rings. The Labute approximate surface area is 198 Å². The van der Waals surface area contributed by atoms with Crippen LogP contribution in [0, 0.1) is 25.2 Å². The van der Waals surface area contributed by atoms with Gasteiger partial charge in [-0.25, -0.2) is 4.79 Å². The van der Waals surface area contributed by atoms with Crippen LogP contribution in [-0.4, -0.2) is 25.1 Å². The minimum Gasteiger partial charge on any atom is -0.483 e. The summed E-state index contributed by atoms with van der Waals surface area (Å²) in [4.78, 5) is 25.4. The lowest BCUT2D eigenvalue weighted by atomic mass is 9.82. The molecule has 1 atom stereocenters. The number of anilines is 1. The highest BCUT2D eigenvalue weighted by Gasteiger charge is 2.37. The lowest BCUT2D eigenvalue weighted by molar-refractivity contribution is -0.139. The first-order chi connectivity index (χ1) is 16.3. The second-order valence-corrected chi connectivity index (χ2v) is 7.81. The van der Waals surface area contributed by atoms with Gasteiger partial charge in [-0.15, -0.1) is 0 Å². The lowest BCUT2D eigenvalue weighted by Gasteiger charge is -2.28. The van der Waals surface area contributed by atoms with Gasteiger partial charge in [-0.1, -0.05) is 30.3 Å². The van der Waals surface area contributed by atoms with E-state index in [-0.39, 0.29) is 41.9 Å². The quantitative estimate of drug-likeness (QED) is 0.598. The summed E-state index contributed by atoms with van der Waals surface area (Å²) in [6.45, 7) is 7.00. The SMILES string of the molecule is CCOC(=O)C1=C(C)OC(N)=C(C#N)C1c1ccccc1OCC(=O)Nc1cc(C)ccc1C. The van der Waals surface area contributed by atoms with Crippen LogP contribution in [0.25, 0.3) is 0 Å². The first-order valence-electron chi connectivity index (χ1n) is 10.8. The molecule has 0 saturated carbocycles. The number of ether oxygens (including phenoxy) is 3. The summed E-state index contributed by atoms with van der Waals surface area (Å²) in [5.74, 6) is -1.35. The van der Waals surface area contributed by atoms with E-state index >= 15 is 0 Å². The van der Waals surface area contributed by atoms with Crippen LogP contribution < -0.4 is 15.8 Å². The van der Waals surface area contributed by atoms with Crippen LogP contribution in [-0.2, 0) is 19.1 Å². The van der Waals surface area contributed by atoms with E-state index in [0.717, 1.165) is 11.1 Å². The zero-order valence-electron chi connectivity index (χ0n) is 19.6. The van der Waals surface area contributed by atoms with E-state index < -0.39 is 11.9 Å².